The molecule has 6 nitrogen and oxygen atoms in total. The van der Waals surface area contributed by atoms with E-state index in [0.717, 1.165) is 15.8 Å². The van der Waals surface area contributed by atoms with Crippen LogP contribution in [0.15, 0.2) is 64.0 Å². The van der Waals surface area contributed by atoms with E-state index in [-0.39, 0.29) is 10.7 Å². The van der Waals surface area contributed by atoms with Crippen LogP contribution in [0.3, 0.4) is 0 Å². The van der Waals surface area contributed by atoms with Crippen LogP contribution in [-0.2, 0) is 16.3 Å². The first-order chi connectivity index (χ1) is 13.4. The number of aromatic amines is 1. The molecule has 0 fully saturated rings. The van der Waals surface area contributed by atoms with Gasteiger partial charge in [-0.3, -0.25) is 9.89 Å². The Labute approximate surface area is 166 Å². The van der Waals surface area contributed by atoms with Gasteiger partial charge in [-0.25, -0.2) is 13.4 Å². The first-order valence-corrected chi connectivity index (χ1v) is 11.0. The van der Waals surface area contributed by atoms with Gasteiger partial charge in [0.05, 0.1) is 11.1 Å². The number of aromatic nitrogens is 3. The molecule has 1 aromatic carbocycles. The maximum absolute atomic E-state index is 12.6. The van der Waals surface area contributed by atoms with Gasteiger partial charge < -0.3 is 0 Å². The Kier molecular flexibility index (Phi) is 4.82. The highest BCUT2D eigenvalue weighted by molar-refractivity contribution is 7.93. The molecule has 0 saturated carbocycles. The van der Waals surface area contributed by atoms with Crippen molar-refractivity contribution in [2.45, 2.75) is 28.9 Å². The number of aryl methyl sites for hydroxylation is 2. The molecule has 3 aromatic heterocycles. The van der Waals surface area contributed by atoms with Crippen LogP contribution in [0.5, 0.6) is 0 Å². The second-order valence-corrected chi connectivity index (χ2v) is 9.93. The van der Waals surface area contributed by atoms with Crippen LogP contribution in [0.1, 0.15) is 27.2 Å². The Bertz CT molecular complexity index is 1260. The zero-order valence-corrected chi connectivity index (χ0v) is 16.7. The molecule has 0 aliphatic rings. The number of pyridine rings is 1. The van der Waals surface area contributed by atoms with Gasteiger partial charge in [0.2, 0.25) is 9.84 Å². The highest BCUT2D eigenvalue weighted by Gasteiger charge is 2.19. The van der Waals surface area contributed by atoms with E-state index in [9.17, 15) is 13.2 Å². The standard InChI is InChI=1S/C20H17N3O3S2/c1-13-2-9-19(27-13)28(25,26)17-6-3-14(4-7-17)5-8-18(24)15-10-16-12-22-23-20(16)21-11-15/h2-4,6-7,9-12H,5,8H2,1H3,(H,21,22,23). The summed E-state index contributed by atoms with van der Waals surface area (Å²) in [6, 6.07) is 11.9. The van der Waals surface area contributed by atoms with E-state index >= 15 is 0 Å². The highest BCUT2D eigenvalue weighted by Crippen LogP contribution is 2.27. The fourth-order valence-electron chi connectivity index (χ4n) is 2.90. The minimum absolute atomic E-state index is 0.0126. The number of H-pyrrole nitrogens is 1. The SMILES string of the molecule is Cc1ccc(S(=O)(=O)c2ccc(CCC(=O)c3cnc4[nH]ncc4c3)cc2)s1. The summed E-state index contributed by atoms with van der Waals surface area (Å²) >= 11 is 1.26. The van der Waals surface area contributed by atoms with Crippen LogP contribution >= 0.6 is 11.3 Å². The summed E-state index contributed by atoms with van der Waals surface area (Å²) < 4.78 is 25.6. The number of rotatable bonds is 6. The Morgan fingerprint density at radius 2 is 1.89 bits per heavy atom. The van der Waals surface area contributed by atoms with Crippen molar-refractivity contribution < 1.29 is 13.2 Å². The molecular formula is C20H17N3O3S2. The number of nitrogens with zero attached hydrogens (tertiary/aromatic N) is 2. The number of fused-ring (bicyclic) bond motifs is 1. The number of Topliss-reactive ketones (excluding diaryl/α,β-unsaturated/α-hetero) is 1. The quantitative estimate of drug-likeness (QED) is 0.485. The smallest absolute Gasteiger partial charge is 0.215 e. The van der Waals surface area contributed by atoms with Crippen molar-refractivity contribution in [3.8, 4) is 0 Å². The maximum atomic E-state index is 12.6. The molecule has 28 heavy (non-hydrogen) atoms. The van der Waals surface area contributed by atoms with Crippen molar-refractivity contribution >= 4 is 38.0 Å². The topological polar surface area (TPSA) is 92.8 Å². The van der Waals surface area contributed by atoms with Crippen molar-refractivity contribution in [2.75, 3.05) is 0 Å². The Morgan fingerprint density at radius 1 is 1.11 bits per heavy atom. The lowest BCUT2D eigenvalue weighted by Gasteiger charge is -2.05. The van der Waals surface area contributed by atoms with Gasteiger partial charge >= 0.3 is 0 Å². The summed E-state index contributed by atoms with van der Waals surface area (Å²) in [6.07, 6.45) is 4.02. The van der Waals surface area contributed by atoms with Gasteiger partial charge in [0.15, 0.2) is 11.4 Å². The zero-order chi connectivity index (χ0) is 19.7. The second kappa shape index (κ2) is 7.29. The first-order valence-electron chi connectivity index (χ1n) is 8.66. The number of carbonyl (C=O) groups is 1. The number of nitrogens with one attached hydrogen (secondary N) is 1. The predicted molar refractivity (Wildman–Crippen MR) is 107 cm³/mol. The lowest BCUT2D eigenvalue weighted by atomic mass is 10.0. The average molecular weight is 412 g/mol. The third kappa shape index (κ3) is 3.61. The molecule has 0 spiro atoms. The molecule has 4 aromatic rings. The fraction of sp³-hybridized carbons (Fsp3) is 0.150. The first kappa shape index (κ1) is 18.5. The normalized spacial score (nSPS) is 11.8. The van der Waals surface area contributed by atoms with Crippen LogP contribution in [-0.4, -0.2) is 29.4 Å². The van der Waals surface area contributed by atoms with E-state index in [0.29, 0.717) is 28.3 Å². The third-order valence-corrected chi connectivity index (χ3v) is 7.73. The van der Waals surface area contributed by atoms with Gasteiger partial charge in [0.25, 0.3) is 0 Å². The van der Waals surface area contributed by atoms with Crippen LogP contribution in [0, 0.1) is 6.92 Å². The van der Waals surface area contributed by atoms with E-state index in [1.165, 1.54) is 11.3 Å². The van der Waals surface area contributed by atoms with Gasteiger partial charge in [-0.15, -0.1) is 11.3 Å². The number of benzene rings is 1. The number of thiophene rings is 1. The van der Waals surface area contributed by atoms with E-state index < -0.39 is 9.84 Å². The summed E-state index contributed by atoms with van der Waals surface area (Å²) in [5.74, 6) is -0.0126. The number of hydrogen-bond acceptors (Lipinski definition) is 6. The Morgan fingerprint density at radius 3 is 2.61 bits per heavy atom. The zero-order valence-electron chi connectivity index (χ0n) is 15.0. The molecule has 0 radical (unpaired) electrons. The number of hydrogen-bond donors (Lipinski definition) is 1. The summed E-state index contributed by atoms with van der Waals surface area (Å²) in [4.78, 5) is 17.8. The molecule has 0 bridgehead atoms. The van der Waals surface area contributed by atoms with Crippen LogP contribution in [0.25, 0.3) is 11.0 Å². The summed E-state index contributed by atoms with van der Waals surface area (Å²) in [6.45, 7) is 1.88. The van der Waals surface area contributed by atoms with Crippen LogP contribution < -0.4 is 0 Å². The lowest BCUT2D eigenvalue weighted by Crippen LogP contribution is -2.03. The molecule has 1 N–H and O–H groups in total. The van der Waals surface area contributed by atoms with Crippen molar-refractivity contribution in [2.24, 2.45) is 0 Å². The number of carbonyl (C=O) groups excluding carboxylic acids is 1. The molecule has 3 heterocycles. The Hall–Kier alpha value is -2.84. The van der Waals surface area contributed by atoms with Gasteiger partial charge in [-0.05, 0) is 49.2 Å². The molecule has 8 heteroatoms. The van der Waals surface area contributed by atoms with Crippen LogP contribution in [0.2, 0.25) is 0 Å². The van der Waals surface area contributed by atoms with Gasteiger partial charge in [-0.1, -0.05) is 12.1 Å². The van der Waals surface area contributed by atoms with Gasteiger partial charge in [0.1, 0.15) is 4.21 Å². The van der Waals surface area contributed by atoms with E-state index in [4.69, 9.17) is 0 Å². The summed E-state index contributed by atoms with van der Waals surface area (Å²) in [5, 5.41) is 7.45. The molecule has 0 aliphatic carbocycles. The molecular weight excluding hydrogens is 394 g/mol. The molecule has 0 unspecified atom stereocenters. The van der Waals surface area contributed by atoms with Gasteiger partial charge in [0, 0.05) is 28.4 Å². The number of sulfone groups is 1. The molecule has 4 rings (SSSR count). The third-order valence-electron chi connectivity index (χ3n) is 4.47. The van der Waals surface area contributed by atoms with Crippen molar-refractivity contribution in [3.05, 3.63) is 70.9 Å². The van der Waals surface area contributed by atoms with E-state index in [1.54, 1.807) is 54.9 Å². The van der Waals surface area contributed by atoms with E-state index in [2.05, 4.69) is 15.2 Å². The summed E-state index contributed by atoms with van der Waals surface area (Å²) in [5.41, 5.74) is 2.10. The minimum atomic E-state index is -3.49. The van der Waals surface area contributed by atoms with Crippen LogP contribution in [0.4, 0.5) is 0 Å². The van der Waals surface area contributed by atoms with Crippen molar-refractivity contribution in [1.82, 2.24) is 15.2 Å². The molecule has 0 aliphatic heterocycles. The molecule has 0 atom stereocenters. The molecule has 142 valence electrons. The lowest BCUT2D eigenvalue weighted by molar-refractivity contribution is 0.0982. The predicted octanol–water partition coefficient (Wildman–Crippen LogP) is 3.98. The van der Waals surface area contributed by atoms with E-state index in [1.807, 2.05) is 6.92 Å². The molecule has 0 amide bonds. The Balaban J connectivity index is 1.45. The maximum Gasteiger partial charge on any atom is 0.215 e. The monoisotopic (exact) mass is 411 g/mol. The fourth-order valence-corrected chi connectivity index (χ4v) is 5.58. The average Bonchev–Trinajstić information content (AvgIpc) is 3.34. The van der Waals surface area contributed by atoms with Crippen molar-refractivity contribution in [3.63, 3.8) is 0 Å². The second-order valence-electron chi connectivity index (χ2n) is 6.47. The van der Waals surface area contributed by atoms with Gasteiger partial charge in [-0.2, -0.15) is 5.10 Å². The highest BCUT2D eigenvalue weighted by atomic mass is 32.2. The summed E-state index contributed by atoms with van der Waals surface area (Å²) in [7, 11) is -3.49. The van der Waals surface area contributed by atoms with Crippen molar-refractivity contribution in [1.29, 1.82) is 0 Å². The largest absolute Gasteiger partial charge is 0.294 e. The minimum Gasteiger partial charge on any atom is -0.294 e. The number of ketones is 1. The molecule has 0 saturated heterocycles.